The number of rotatable bonds is 1. The van der Waals surface area contributed by atoms with Crippen LogP contribution in [0.15, 0.2) is 6.07 Å². The minimum atomic E-state index is -2.54. The first-order valence-electron chi connectivity index (χ1n) is 2.82. The third kappa shape index (κ3) is 2.38. The Bertz CT molecular complexity index is 306. The van der Waals surface area contributed by atoms with Gasteiger partial charge in [0, 0.05) is 5.56 Å². The molecule has 0 aliphatic carbocycles. The van der Waals surface area contributed by atoms with Crippen LogP contribution in [0.5, 0.6) is 0 Å². The van der Waals surface area contributed by atoms with Gasteiger partial charge < -0.3 is 0 Å². The second kappa shape index (κ2) is 4.32. The summed E-state index contributed by atoms with van der Waals surface area (Å²) in [5.74, 6) is 0. The summed E-state index contributed by atoms with van der Waals surface area (Å²) in [6, 6.07) is 1.29. The molecule has 0 saturated heterocycles. The first-order chi connectivity index (χ1) is 5.52. The highest BCUT2D eigenvalue weighted by Gasteiger charge is 2.15. The Morgan fingerprint density at radius 3 is 2.50 bits per heavy atom. The van der Waals surface area contributed by atoms with Crippen molar-refractivity contribution in [1.82, 2.24) is 4.98 Å². The molecule has 0 bridgehead atoms. The lowest BCUT2D eigenvalue weighted by atomic mass is 10.3. The molecule has 0 saturated carbocycles. The summed E-state index contributed by atoms with van der Waals surface area (Å²) in [4.78, 5) is 3.92. The van der Waals surface area contributed by atoms with Gasteiger partial charge in [-0.05, 0) is 51.2 Å². The molecule has 6 heteroatoms. The molecule has 0 atom stereocenters. The van der Waals surface area contributed by atoms with E-state index in [2.05, 4.69) is 4.98 Å². The number of pyridine rings is 1. The van der Waals surface area contributed by atoms with Crippen LogP contribution in [0.4, 0.5) is 8.78 Å². The van der Waals surface area contributed by atoms with E-state index < -0.39 is 6.43 Å². The maximum atomic E-state index is 12.3. The third-order valence-corrected chi connectivity index (χ3v) is 3.20. The highest BCUT2D eigenvalue weighted by atomic mass is 127. The number of alkyl halides is 2. The molecule has 0 radical (unpaired) electrons. The van der Waals surface area contributed by atoms with Crippen LogP contribution in [0.3, 0.4) is 0 Å². The minimum Gasteiger partial charge on any atom is -0.234 e. The standard InChI is InChI=1S/C6H2ClF2I2N/c7-4-2(5(8)9)1-3(10)12-6(4)11/h1,5H. The number of halogens is 5. The van der Waals surface area contributed by atoms with Crippen molar-refractivity contribution in [3.05, 3.63) is 24.1 Å². The van der Waals surface area contributed by atoms with Gasteiger partial charge in [0.2, 0.25) is 0 Å². The quantitative estimate of drug-likeness (QED) is 0.501. The molecule has 1 aromatic heterocycles. The van der Waals surface area contributed by atoms with Gasteiger partial charge >= 0.3 is 0 Å². The molecule has 0 aliphatic heterocycles. The van der Waals surface area contributed by atoms with Gasteiger partial charge in [0.15, 0.2) is 0 Å². The highest BCUT2D eigenvalue weighted by Crippen LogP contribution is 2.30. The third-order valence-electron chi connectivity index (χ3n) is 1.15. The van der Waals surface area contributed by atoms with Gasteiger partial charge in [0.05, 0.1) is 5.02 Å². The van der Waals surface area contributed by atoms with E-state index in [1.807, 2.05) is 45.2 Å². The largest absolute Gasteiger partial charge is 0.265 e. The highest BCUT2D eigenvalue weighted by molar-refractivity contribution is 14.1. The number of hydrogen-bond donors (Lipinski definition) is 0. The molecule has 1 aromatic rings. The van der Waals surface area contributed by atoms with Crippen LogP contribution in [-0.2, 0) is 0 Å². The average molecular weight is 415 g/mol. The van der Waals surface area contributed by atoms with Crippen molar-refractivity contribution in [2.75, 3.05) is 0 Å². The summed E-state index contributed by atoms with van der Waals surface area (Å²) in [5.41, 5.74) is -0.152. The van der Waals surface area contributed by atoms with Crippen LogP contribution >= 0.6 is 56.8 Å². The van der Waals surface area contributed by atoms with Gasteiger partial charge in [-0.1, -0.05) is 11.6 Å². The van der Waals surface area contributed by atoms with Crippen molar-refractivity contribution in [2.45, 2.75) is 6.43 Å². The number of aromatic nitrogens is 1. The molecule has 12 heavy (non-hydrogen) atoms. The Morgan fingerprint density at radius 2 is 2.00 bits per heavy atom. The Kier molecular flexibility index (Phi) is 3.90. The monoisotopic (exact) mass is 415 g/mol. The molecule has 0 aromatic carbocycles. The molecule has 0 N–H and O–H groups in total. The zero-order valence-electron chi connectivity index (χ0n) is 5.49. The van der Waals surface area contributed by atoms with E-state index in [0.717, 1.165) is 0 Å². The topological polar surface area (TPSA) is 12.9 Å². The maximum absolute atomic E-state index is 12.3. The summed E-state index contributed by atoms with van der Waals surface area (Å²) in [5, 5.41) is 0.0472. The molecular weight excluding hydrogens is 413 g/mol. The van der Waals surface area contributed by atoms with Crippen LogP contribution in [0.25, 0.3) is 0 Å². The van der Waals surface area contributed by atoms with Crippen LogP contribution in [0.1, 0.15) is 12.0 Å². The van der Waals surface area contributed by atoms with E-state index in [-0.39, 0.29) is 10.6 Å². The van der Waals surface area contributed by atoms with Crippen molar-refractivity contribution in [2.24, 2.45) is 0 Å². The van der Waals surface area contributed by atoms with E-state index in [9.17, 15) is 8.78 Å². The SMILES string of the molecule is FC(F)c1cc(I)nc(I)c1Cl. The lowest BCUT2D eigenvalue weighted by molar-refractivity contribution is 0.151. The lowest BCUT2D eigenvalue weighted by Gasteiger charge is -2.04. The van der Waals surface area contributed by atoms with Gasteiger partial charge in [-0.3, -0.25) is 0 Å². The first-order valence-corrected chi connectivity index (χ1v) is 5.35. The van der Waals surface area contributed by atoms with Crippen LogP contribution in [0, 0.1) is 7.40 Å². The van der Waals surface area contributed by atoms with Gasteiger partial charge in [0.25, 0.3) is 6.43 Å². The Labute approximate surface area is 100 Å². The normalized spacial score (nSPS) is 10.8. The first kappa shape index (κ1) is 10.8. The summed E-state index contributed by atoms with van der Waals surface area (Å²) < 4.78 is 25.5. The predicted molar refractivity (Wildman–Crippen MR) is 59.6 cm³/mol. The van der Waals surface area contributed by atoms with Crippen molar-refractivity contribution in [1.29, 1.82) is 0 Å². The van der Waals surface area contributed by atoms with Crippen LogP contribution < -0.4 is 0 Å². The molecule has 0 aliphatic rings. The van der Waals surface area contributed by atoms with Gasteiger partial charge in [-0.15, -0.1) is 0 Å². The van der Waals surface area contributed by atoms with E-state index in [1.54, 1.807) is 0 Å². The van der Waals surface area contributed by atoms with Crippen molar-refractivity contribution in [3.8, 4) is 0 Å². The number of hydrogen-bond acceptors (Lipinski definition) is 1. The van der Waals surface area contributed by atoms with E-state index in [1.165, 1.54) is 6.07 Å². The van der Waals surface area contributed by atoms with E-state index in [4.69, 9.17) is 11.6 Å². The Morgan fingerprint density at radius 1 is 1.42 bits per heavy atom. The van der Waals surface area contributed by atoms with E-state index in [0.29, 0.717) is 7.40 Å². The van der Waals surface area contributed by atoms with Crippen molar-refractivity contribution in [3.63, 3.8) is 0 Å². The Balaban J connectivity index is 3.28. The van der Waals surface area contributed by atoms with Crippen molar-refractivity contribution >= 4 is 56.8 Å². The lowest BCUT2D eigenvalue weighted by Crippen LogP contribution is -1.94. The molecule has 1 rings (SSSR count). The molecule has 66 valence electrons. The Hall–Kier alpha value is 0.760. The van der Waals surface area contributed by atoms with Gasteiger partial charge in [-0.25, -0.2) is 13.8 Å². The summed E-state index contributed by atoms with van der Waals surface area (Å²) in [6.45, 7) is 0. The molecular formula is C6H2ClF2I2N. The summed E-state index contributed by atoms with van der Waals surface area (Å²) >= 11 is 9.31. The second-order valence-corrected chi connectivity index (χ2v) is 4.44. The predicted octanol–water partition coefficient (Wildman–Crippen LogP) is 3.88. The number of nitrogens with zero attached hydrogens (tertiary/aromatic N) is 1. The molecule has 0 fully saturated rings. The smallest absolute Gasteiger partial charge is 0.234 e. The fraction of sp³-hybridized carbons (Fsp3) is 0.167. The van der Waals surface area contributed by atoms with Gasteiger partial charge in [-0.2, -0.15) is 0 Å². The minimum absolute atomic E-state index is 0.0472. The molecule has 1 heterocycles. The fourth-order valence-corrected chi connectivity index (χ4v) is 2.43. The maximum Gasteiger partial charge on any atom is 0.265 e. The molecule has 0 amide bonds. The van der Waals surface area contributed by atoms with Crippen molar-refractivity contribution < 1.29 is 8.78 Å². The molecule has 0 spiro atoms. The summed E-state index contributed by atoms with van der Waals surface area (Å²) in [6.07, 6.45) is -2.54. The van der Waals surface area contributed by atoms with Crippen LogP contribution in [-0.4, -0.2) is 4.98 Å². The van der Waals surface area contributed by atoms with Crippen LogP contribution in [0.2, 0.25) is 5.02 Å². The van der Waals surface area contributed by atoms with E-state index >= 15 is 0 Å². The molecule has 0 unspecified atom stereocenters. The zero-order valence-corrected chi connectivity index (χ0v) is 10.6. The fourth-order valence-electron chi connectivity index (χ4n) is 0.645. The zero-order chi connectivity index (χ0) is 9.30. The molecule has 1 nitrogen and oxygen atoms in total. The average Bonchev–Trinajstić information content (AvgIpc) is 1.96. The van der Waals surface area contributed by atoms with Gasteiger partial charge in [0.1, 0.15) is 7.40 Å². The second-order valence-electron chi connectivity index (χ2n) is 1.94. The summed E-state index contributed by atoms with van der Waals surface area (Å²) in [7, 11) is 0.